The third-order valence-electron chi connectivity index (χ3n) is 5.61. The van der Waals surface area contributed by atoms with E-state index < -0.39 is 27.9 Å². The van der Waals surface area contributed by atoms with Gasteiger partial charge in [-0.1, -0.05) is 25.2 Å². The van der Waals surface area contributed by atoms with Crippen LogP contribution in [0.4, 0.5) is 19.5 Å². The SMILES string of the molecule is CC1(C)CC(=O)C2=C(C1)N(c1ccc(F)cc1F)C(N)=C(C#N)[C@@H]2c1ccc([N+](=O)[O-])s1. The Morgan fingerprint density at radius 2 is 2.00 bits per heavy atom. The number of nitriles is 1. The molecule has 2 aliphatic rings. The first-order chi connectivity index (χ1) is 15.0. The van der Waals surface area contributed by atoms with Crippen LogP contribution in [0, 0.1) is 38.5 Å². The first-order valence-corrected chi connectivity index (χ1v) is 10.5. The number of carbonyl (C=O) groups is 1. The molecule has 32 heavy (non-hydrogen) atoms. The van der Waals surface area contributed by atoms with E-state index in [1.54, 1.807) is 0 Å². The zero-order valence-corrected chi connectivity index (χ0v) is 18.0. The maximum absolute atomic E-state index is 14.8. The topological polar surface area (TPSA) is 113 Å². The highest BCUT2D eigenvalue weighted by Crippen LogP contribution is 2.51. The number of ketones is 1. The van der Waals surface area contributed by atoms with E-state index in [-0.39, 0.29) is 39.9 Å². The van der Waals surface area contributed by atoms with Crippen LogP contribution in [0.15, 0.2) is 53.0 Å². The molecule has 0 unspecified atom stereocenters. The van der Waals surface area contributed by atoms with Crippen LogP contribution in [0.3, 0.4) is 0 Å². The Labute approximate surface area is 186 Å². The second-order valence-electron chi connectivity index (χ2n) is 8.51. The molecule has 2 N–H and O–H groups in total. The summed E-state index contributed by atoms with van der Waals surface area (Å²) in [4.78, 5) is 25.7. The van der Waals surface area contributed by atoms with Gasteiger partial charge in [-0.15, -0.1) is 0 Å². The first kappa shape index (κ1) is 21.6. The van der Waals surface area contributed by atoms with Crippen molar-refractivity contribution in [3.05, 3.63) is 79.6 Å². The fraction of sp³-hybridized carbons (Fsp3) is 0.273. The second-order valence-corrected chi connectivity index (χ2v) is 9.60. The number of nitrogens with zero attached hydrogens (tertiary/aromatic N) is 3. The molecule has 164 valence electrons. The maximum Gasteiger partial charge on any atom is 0.324 e. The van der Waals surface area contributed by atoms with Crippen molar-refractivity contribution in [2.75, 3.05) is 4.90 Å². The molecular weight excluding hydrogens is 438 g/mol. The van der Waals surface area contributed by atoms with Gasteiger partial charge in [0, 0.05) is 34.7 Å². The average Bonchev–Trinajstić information content (AvgIpc) is 3.17. The Balaban J connectivity index is 2.00. The number of rotatable bonds is 3. The molecule has 2 heterocycles. The summed E-state index contributed by atoms with van der Waals surface area (Å²) >= 11 is 0.860. The molecule has 4 rings (SSSR count). The van der Waals surface area contributed by atoms with E-state index in [9.17, 15) is 29.0 Å². The van der Waals surface area contributed by atoms with E-state index in [1.165, 1.54) is 23.1 Å². The molecule has 0 amide bonds. The summed E-state index contributed by atoms with van der Waals surface area (Å²) in [5.41, 5.74) is 6.46. The van der Waals surface area contributed by atoms with Crippen LogP contribution in [-0.2, 0) is 4.79 Å². The largest absolute Gasteiger partial charge is 0.384 e. The first-order valence-electron chi connectivity index (χ1n) is 9.69. The summed E-state index contributed by atoms with van der Waals surface area (Å²) in [5, 5.41) is 21.0. The fourth-order valence-corrected chi connectivity index (χ4v) is 5.27. The Morgan fingerprint density at radius 3 is 2.59 bits per heavy atom. The molecule has 0 bridgehead atoms. The van der Waals surface area contributed by atoms with Gasteiger partial charge in [-0.2, -0.15) is 5.26 Å². The van der Waals surface area contributed by atoms with E-state index in [1.807, 2.05) is 19.9 Å². The Hall–Kier alpha value is -3.58. The van der Waals surface area contributed by atoms with Crippen LogP contribution in [-0.4, -0.2) is 10.7 Å². The van der Waals surface area contributed by atoms with Gasteiger partial charge in [0.2, 0.25) is 0 Å². The molecule has 0 fully saturated rings. The lowest BCUT2D eigenvalue weighted by Crippen LogP contribution is -2.42. The van der Waals surface area contributed by atoms with Crippen LogP contribution in [0.2, 0.25) is 0 Å². The Kier molecular flexibility index (Phi) is 5.09. The van der Waals surface area contributed by atoms with Gasteiger partial charge in [-0.25, -0.2) is 8.78 Å². The van der Waals surface area contributed by atoms with Gasteiger partial charge >= 0.3 is 5.00 Å². The number of anilines is 1. The zero-order valence-electron chi connectivity index (χ0n) is 17.2. The van der Waals surface area contributed by atoms with E-state index in [0.29, 0.717) is 23.1 Å². The maximum atomic E-state index is 14.8. The van der Waals surface area contributed by atoms with Crippen molar-refractivity contribution in [3.63, 3.8) is 0 Å². The highest BCUT2D eigenvalue weighted by molar-refractivity contribution is 7.15. The predicted octanol–water partition coefficient (Wildman–Crippen LogP) is 4.88. The summed E-state index contributed by atoms with van der Waals surface area (Å²) in [5.74, 6) is -2.90. The van der Waals surface area contributed by atoms with Gasteiger partial charge in [0.15, 0.2) is 5.78 Å². The van der Waals surface area contributed by atoms with Crippen molar-refractivity contribution >= 4 is 27.8 Å². The molecule has 0 spiro atoms. The molecule has 1 aromatic carbocycles. The molecule has 10 heteroatoms. The van der Waals surface area contributed by atoms with E-state index >= 15 is 0 Å². The smallest absolute Gasteiger partial charge is 0.324 e. The normalized spacial score (nSPS) is 20.3. The minimum Gasteiger partial charge on any atom is -0.384 e. The molecule has 1 atom stereocenters. The zero-order chi connectivity index (χ0) is 23.4. The van der Waals surface area contributed by atoms with Crippen molar-refractivity contribution in [1.29, 1.82) is 5.26 Å². The molecule has 1 aliphatic heterocycles. The number of hydrogen-bond acceptors (Lipinski definition) is 7. The molecule has 1 aliphatic carbocycles. The number of Topliss-reactive ketones (excluding diaryl/α,β-unsaturated/α-hetero) is 1. The standard InChI is InChI=1S/C22H18F2N4O3S/c1-22(2)8-15-20(16(29)9-22)19(17-5-6-18(32-17)28(30)31)12(10-25)21(26)27(15)14-4-3-11(23)7-13(14)24/h3-7,19H,8-9,26H2,1-2H3/t19-/m1/s1. The van der Waals surface area contributed by atoms with E-state index in [4.69, 9.17) is 5.73 Å². The summed E-state index contributed by atoms with van der Waals surface area (Å²) in [6, 6.07) is 7.82. The second kappa shape index (κ2) is 7.53. The summed E-state index contributed by atoms with van der Waals surface area (Å²) in [6.45, 7) is 3.77. The lowest BCUT2D eigenvalue weighted by Gasteiger charge is -2.43. The number of carbonyl (C=O) groups excluding carboxylic acids is 1. The molecule has 0 saturated carbocycles. The molecule has 2 aromatic rings. The van der Waals surface area contributed by atoms with Crippen LogP contribution in [0.25, 0.3) is 0 Å². The number of nitro groups is 1. The number of hydrogen-bond donors (Lipinski definition) is 1. The van der Waals surface area contributed by atoms with Crippen LogP contribution in [0.1, 0.15) is 37.5 Å². The van der Waals surface area contributed by atoms with Gasteiger partial charge in [-0.3, -0.25) is 19.8 Å². The van der Waals surface area contributed by atoms with Gasteiger partial charge in [0.25, 0.3) is 0 Å². The Morgan fingerprint density at radius 1 is 1.28 bits per heavy atom. The number of halogens is 2. The van der Waals surface area contributed by atoms with Gasteiger partial charge in [0.05, 0.1) is 28.2 Å². The van der Waals surface area contributed by atoms with Crippen molar-refractivity contribution < 1.29 is 18.5 Å². The third-order valence-corrected chi connectivity index (χ3v) is 6.71. The van der Waals surface area contributed by atoms with Crippen molar-refractivity contribution in [1.82, 2.24) is 0 Å². The van der Waals surface area contributed by atoms with Crippen molar-refractivity contribution in [2.45, 2.75) is 32.6 Å². The van der Waals surface area contributed by atoms with E-state index in [0.717, 1.165) is 17.4 Å². The highest BCUT2D eigenvalue weighted by atomic mass is 32.1. The minimum atomic E-state index is -0.892. The molecule has 0 radical (unpaired) electrons. The summed E-state index contributed by atoms with van der Waals surface area (Å²) < 4.78 is 28.3. The van der Waals surface area contributed by atoms with E-state index in [2.05, 4.69) is 0 Å². The van der Waals surface area contributed by atoms with Crippen LogP contribution >= 0.6 is 11.3 Å². The monoisotopic (exact) mass is 456 g/mol. The molecule has 0 saturated heterocycles. The molecular formula is C22H18F2N4O3S. The van der Waals surface area contributed by atoms with Gasteiger partial charge in [0.1, 0.15) is 17.5 Å². The summed E-state index contributed by atoms with van der Waals surface area (Å²) in [7, 11) is 0. The highest BCUT2D eigenvalue weighted by Gasteiger charge is 2.45. The average molecular weight is 456 g/mol. The number of benzene rings is 1. The fourth-order valence-electron chi connectivity index (χ4n) is 4.33. The van der Waals surface area contributed by atoms with Gasteiger partial charge in [-0.05, 0) is 30.0 Å². The summed E-state index contributed by atoms with van der Waals surface area (Å²) in [6.07, 6.45) is 0.530. The number of allylic oxidation sites excluding steroid dienone is 3. The molecule has 7 nitrogen and oxygen atoms in total. The van der Waals surface area contributed by atoms with Crippen LogP contribution < -0.4 is 10.6 Å². The van der Waals surface area contributed by atoms with Crippen molar-refractivity contribution in [3.8, 4) is 6.07 Å². The molecule has 1 aromatic heterocycles. The van der Waals surface area contributed by atoms with Gasteiger partial charge < -0.3 is 5.73 Å². The Bertz CT molecular complexity index is 1270. The number of nitrogens with two attached hydrogens (primary N) is 1. The van der Waals surface area contributed by atoms with Crippen molar-refractivity contribution in [2.24, 2.45) is 11.1 Å². The lowest BCUT2D eigenvalue weighted by atomic mass is 9.69. The minimum absolute atomic E-state index is 0.0164. The third kappa shape index (κ3) is 3.44. The number of thiophene rings is 1. The van der Waals surface area contributed by atoms with Crippen LogP contribution in [0.5, 0.6) is 0 Å². The quantitative estimate of drug-likeness (QED) is 0.520. The predicted molar refractivity (Wildman–Crippen MR) is 114 cm³/mol. The lowest BCUT2D eigenvalue weighted by molar-refractivity contribution is -0.380.